The van der Waals surface area contributed by atoms with Crippen LogP contribution in [0.4, 0.5) is 4.79 Å². The summed E-state index contributed by atoms with van der Waals surface area (Å²) < 4.78 is 0. The largest absolute Gasteiger partial charge is 0.324 e. The zero-order chi connectivity index (χ0) is 11.4. The fraction of sp³-hybridized carbons (Fsp3) is 0.800. The average molecular weight is 230 g/mol. The first-order valence-corrected chi connectivity index (χ1v) is 6.41. The van der Waals surface area contributed by atoms with E-state index in [9.17, 15) is 9.59 Å². The van der Waals surface area contributed by atoms with Crippen molar-refractivity contribution in [2.45, 2.75) is 26.8 Å². The lowest BCUT2D eigenvalue weighted by molar-refractivity contribution is -0.125. The number of carbonyl (C=O) groups excluding carboxylic acids is 2. The van der Waals surface area contributed by atoms with Crippen LogP contribution in [-0.4, -0.2) is 40.9 Å². The number of imide groups is 1. The van der Waals surface area contributed by atoms with Crippen LogP contribution in [0.25, 0.3) is 0 Å². The van der Waals surface area contributed by atoms with Gasteiger partial charge in [-0.05, 0) is 12.7 Å². The molecule has 1 saturated heterocycles. The predicted molar refractivity (Wildman–Crippen MR) is 61.9 cm³/mol. The minimum atomic E-state index is -0.248. The zero-order valence-electron chi connectivity index (χ0n) is 9.45. The van der Waals surface area contributed by atoms with Crippen LogP contribution in [0.5, 0.6) is 0 Å². The maximum Gasteiger partial charge on any atom is 0.324 e. The van der Waals surface area contributed by atoms with Crippen molar-refractivity contribution in [1.29, 1.82) is 0 Å². The van der Waals surface area contributed by atoms with Gasteiger partial charge in [-0.3, -0.25) is 10.1 Å². The van der Waals surface area contributed by atoms with Gasteiger partial charge in [0, 0.05) is 18.3 Å². The number of urea groups is 1. The lowest BCUT2D eigenvalue weighted by Crippen LogP contribution is -2.56. The van der Waals surface area contributed by atoms with Gasteiger partial charge in [0.15, 0.2) is 0 Å². The van der Waals surface area contributed by atoms with Gasteiger partial charge < -0.3 is 4.90 Å². The Morgan fingerprint density at radius 1 is 1.60 bits per heavy atom. The van der Waals surface area contributed by atoms with Gasteiger partial charge in [0.05, 0.1) is 5.92 Å². The molecular formula is C10H18N2O2S. The van der Waals surface area contributed by atoms with Crippen molar-refractivity contribution in [3.8, 4) is 0 Å². The first-order valence-electron chi connectivity index (χ1n) is 5.25. The molecule has 0 aromatic carbocycles. The average Bonchev–Trinajstić information content (AvgIpc) is 2.20. The summed E-state index contributed by atoms with van der Waals surface area (Å²) in [4.78, 5) is 24.5. The van der Waals surface area contributed by atoms with Crippen LogP contribution < -0.4 is 5.32 Å². The van der Waals surface area contributed by atoms with Crippen LogP contribution >= 0.6 is 11.8 Å². The number of hydrogen-bond acceptors (Lipinski definition) is 3. The standard InChI is InChI=1S/C10H18N2O2S/c1-4-15-6-8(3)12-5-7(2)9(13)11-10(12)14/h7-8H,4-6H2,1-3H3,(H,11,13,14). The summed E-state index contributed by atoms with van der Waals surface area (Å²) in [5.41, 5.74) is 0. The molecule has 1 aliphatic rings. The van der Waals surface area contributed by atoms with E-state index in [1.165, 1.54) is 0 Å². The van der Waals surface area contributed by atoms with E-state index >= 15 is 0 Å². The molecule has 0 aliphatic carbocycles. The number of thioether (sulfide) groups is 1. The Labute approximate surface area is 94.8 Å². The molecule has 4 nitrogen and oxygen atoms in total. The highest BCUT2D eigenvalue weighted by molar-refractivity contribution is 7.99. The summed E-state index contributed by atoms with van der Waals surface area (Å²) in [6, 6.07) is -0.0622. The van der Waals surface area contributed by atoms with Crippen LogP contribution in [0.1, 0.15) is 20.8 Å². The first kappa shape index (κ1) is 12.4. The van der Waals surface area contributed by atoms with E-state index in [2.05, 4.69) is 12.2 Å². The second kappa shape index (κ2) is 5.39. The number of carbonyl (C=O) groups is 2. The molecule has 5 heteroatoms. The fourth-order valence-corrected chi connectivity index (χ4v) is 2.28. The minimum absolute atomic E-state index is 0.100. The van der Waals surface area contributed by atoms with E-state index < -0.39 is 0 Å². The summed E-state index contributed by atoms with van der Waals surface area (Å²) >= 11 is 1.81. The SMILES string of the molecule is CCSCC(C)N1CC(C)C(=O)NC1=O. The van der Waals surface area contributed by atoms with Crippen LogP contribution in [0.2, 0.25) is 0 Å². The van der Waals surface area contributed by atoms with Crippen LogP contribution in [0.15, 0.2) is 0 Å². The lowest BCUT2D eigenvalue weighted by Gasteiger charge is -2.34. The monoisotopic (exact) mass is 230 g/mol. The Hall–Kier alpha value is -0.710. The second-order valence-corrected chi connectivity index (χ2v) is 5.18. The van der Waals surface area contributed by atoms with Gasteiger partial charge in [0.2, 0.25) is 5.91 Å². The number of hydrogen-bond donors (Lipinski definition) is 1. The molecule has 0 aromatic heterocycles. The van der Waals surface area contributed by atoms with E-state index in [-0.39, 0.29) is 23.9 Å². The van der Waals surface area contributed by atoms with E-state index in [1.54, 1.807) is 4.90 Å². The summed E-state index contributed by atoms with van der Waals surface area (Å²) in [6.07, 6.45) is 0. The Morgan fingerprint density at radius 3 is 2.87 bits per heavy atom. The van der Waals surface area contributed by atoms with Crippen molar-refractivity contribution in [1.82, 2.24) is 10.2 Å². The van der Waals surface area contributed by atoms with Gasteiger partial charge in [0.25, 0.3) is 0 Å². The third-order valence-corrected chi connectivity index (χ3v) is 3.63. The summed E-state index contributed by atoms with van der Waals surface area (Å²) in [5.74, 6) is 1.71. The molecule has 0 aromatic rings. The molecule has 1 fully saturated rings. The molecular weight excluding hydrogens is 212 g/mol. The Balaban J connectivity index is 2.53. The third-order valence-electron chi connectivity index (χ3n) is 2.50. The van der Waals surface area contributed by atoms with Crippen molar-refractivity contribution in [3.05, 3.63) is 0 Å². The topological polar surface area (TPSA) is 49.4 Å². The zero-order valence-corrected chi connectivity index (χ0v) is 10.3. The Bertz CT molecular complexity index is 258. The quantitative estimate of drug-likeness (QED) is 0.792. The van der Waals surface area contributed by atoms with Gasteiger partial charge in [-0.1, -0.05) is 13.8 Å². The van der Waals surface area contributed by atoms with Crippen molar-refractivity contribution in [2.24, 2.45) is 5.92 Å². The number of amides is 3. The molecule has 0 saturated carbocycles. The van der Waals surface area contributed by atoms with Gasteiger partial charge in [-0.25, -0.2) is 4.79 Å². The van der Waals surface area contributed by atoms with E-state index in [0.29, 0.717) is 6.54 Å². The number of rotatable bonds is 4. The fourth-order valence-electron chi connectivity index (χ4n) is 1.52. The van der Waals surface area contributed by atoms with Gasteiger partial charge in [-0.15, -0.1) is 0 Å². The molecule has 2 unspecified atom stereocenters. The minimum Gasteiger partial charge on any atom is -0.320 e. The van der Waals surface area contributed by atoms with E-state index in [0.717, 1.165) is 11.5 Å². The summed E-state index contributed by atoms with van der Waals surface area (Å²) in [5, 5.41) is 2.38. The number of nitrogens with one attached hydrogen (secondary N) is 1. The molecule has 1 heterocycles. The molecule has 2 atom stereocenters. The normalized spacial score (nSPS) is 23.9. The smallest absolute Gasteiger partial charge is 0.320 e. The van der Waals surface area contributed by atoms with Gasteiger partial charge >= 0.3 is 6.03 Å². The molecule has 0 bridgehead atoms. The van der Waals surface area contributed by atoms with Crippen molar-refractivity contribution >= 4 is 23.7 Å². The maximum absolute atomic E-state index is 11.5. The lowest BCUT2D eigenvalue weighted by atomic mass is 10.1. The molecule has 1 aliphatic heterocycles. The van der Waals surface area contributed by atoms with E-state index in [1.807, 2.05) is 25.6 Å². The first-order chi connectivity index (χ1) is 7.06. The predicted octanol–water partition coefficient (Wildman–Crippen LogP) is 1.32. The second-order valence-electron chi connectivity index (χ2n) is 3.86. The van der Waals surface area contributed by atoms with E-state index in [4.69, 9.17) is 0 Å². The molecule has 1 N–H and O–H groups in total. The Kier molecular flexibility index (Phi) is 4.45. The molecule has 0 radical (unpaired) electrons. The van der Waals surface area contributed by atoms with Crippen LogP contribution in [0.3, 0.4) is 0 Å². The molecule has 3 amide bonds. The number of nitrogens with zero attached hydrogens (tertiary/aromatic N) is 1. The maximum atomic E-state index is 11.5. The van der Waals surface area contributed by atoms with Crippen molar-refractivity contribution in [2.75, 3.05) is 18.1 Å². The molecule has 1 rings (SSSR count). The molecule has 86 valence electrons. The third kappa shape index (κ3) is 3.12. The van der Waals surface area contributed by atoms with Crippen molar-refractivity contribution in [3.63, 3.8) is 0 Å². The summed E-state index contributed by atoms with van der Waals surface area (Å²) in [7, 11) is 0. The van der Waals surface area contributed by atoms with Crippen LogP contribution in [-0.2, 0) is 4.79 Å². The highest BCUT2D eigenvalue weighted by Gasteiger charge is 2.31. The van der Waals surface area contributed by atoms with Crippen molar-refractivity contribution < 1.29 is 9.59 Å². The molecule has 0 spiro atoms. The highest BCUT2D eigenvalue weighted by Crippen LogP contribution is 2.14. The van der Waals surface area contributed by atoms with Gasteiger partial charge in [0.1, 0.15) is 0 Å². The van der Waals surface area contributed by atoms with Gasteiger partial charge in [-0.2, -0.15) is 11.8 Å². The highest BCUT2D eigenvalue weighted by atomic mass is 32.2. The summed E-state index contributed by atoms with van der Waals surface area (Å²) in [6.45, 7) is 6.50. The Morgan fingerprint density at radius 2 is 2.27 bits per heavy atom. The molecule has 15 heavy (non-hydrogen) atoms. The van der Waals surface area contributed by atoms with Crippen LogP contribution in [0, 0.1) is 5.92 Å².